The molecule has 0 aliphatic heterocycles. The minimum Gasteiger partial charge on any atom is -0.383 e. The zero-order chi connectivity index (χ0) is 7.40. The molecule has 0 saturated carbocycles. The molecule has 1 aromatic rings. The topological polar surface area (TPSA) is 38.0 Å². The van der Waals surface area contributed by atoms with Crippen LogP contribution in [0.2, 0.25) is 0 Å². The van der Waals surface area contributed by atoms with Gasteiger partial charge in [-0.25, -0.2) is 0 Å². The zero-order valence-electron chi connectivity index (χ0n) is 6.24. The number of ether oxygens (including phenoxy) is 1. The summed E-state index contributed by atoms with van der Waals surface area (Å²) in [5.41, 5.74) is 0. The average molecular weight is 239 g/mol. The summed E-state index contributed by atoms with van der Waals surface area (Å²) in [4.78, 5) is 0.581. The van der Waals surface area contributed by atoms with Gasteiger partial charge in [0.15, 0.2) is 4.80 Å². The molecule has 1 rings (SSSR count). The number of halogens is 1. The Morgan fingerprint density at radius 1 is 1.73 bits per heavy atom. The van der Waals surface area contributed by atoms with Gasteiger partial charge in [-0.15, -0.1) is 28.3 Å². The number of hydrogen-bond donors (Lipinski definition) is 1. The van der Waals surface area contributed by atoms with Gasteiger partial charge in [0.2, 0.25) is 0 Å². The molecular weight excluding hydrogens is 228 g/mol. The molecule has 0 amide bonds. The minimum atomic E-state index is 0. The van der Waals surface area contributed by atoms with Gasteiger partial charge in [-0.3, -0.25) is 5.41 Å². The first-order valence-corrected chi connectivity index (χ1v) is 3.90. The van der Waals surface area contributed by atoms with Crippen LogP contribution in [-0.2, 0) is 11.3 Å². The van der Waals surface area contributed by atoms with E-state index in [-0.39, 0.29) is 17.0 Å². The lowest BCUT2D eigenvalue weighted by Crippen LogP contribution is -2.14. The molecule has 0 aromatic carbocycles. The molecule has 0 bridgehead atoms. The fourth-order valence-corrected chi connectivity index (χ4v) is 1.29. The second-order valence-electron chi connectivity index (χ2n) is 1.89. The predicted molar refractivity (Wildman–Crippen MR) is 50.4 cm³/mol. The van der Waals surface area contributed by atoms with Crippen molar-refractivity contribution < 1.29 is 4.74 Å². The first-order chi connectivity index (χ1) is 4.84. The smallest absolute Gasteiger partial charge is 0.181 e. The van der Waals surface area contributed by atoms with Gasteiger partial charge < -0.3 is 9.30 Å². The van der Waals surface area contributed by atoms with Crippen molar-refractivity contribution in [2.24, 2.45) is 0 Å². The van der Waals surface area contributed by atoms with Crippen LogP contribution in [-0.4, -0.2) is 18.3 Å². The SMILES string of the molecule is Br.COCCn1ccsc1=N. The molecule has 0 radical (unpaired) electrons. The highest BCUT2D eigenvalue weighted by Gasteiger charge is 1.90. The van der Waals surface area contributed by atoms with Crippen molar-refractivity contribution in [1.82, 2.24) is 4.57 Å². The lowest BCUT2D eigenvalue weighted by molar-refractivity contribution is 0.186. The molecule has 0 aliphatic carbocycles. The Labute approximate surface area is 79.9 Å². The largest absolute Gasteiger partial charge is 0.383 e. The van der Waals surface area contributed by atoms with Crippen LogP contribution in [0.25, 0.3) is 0 Å². The Morgan fingerprint density at radius 3 is 2.91 bits per heavy atom. The maximum absolute atomic E-state index is 7.36. The Bertz CT molecular complexity index is 245. The lowest BCUT2D eigenvalue weighted by Gasteiger charge is -1.98. The summed E-state index contributed by atoms with van der Waals surface area (Å²) in [7, 11) is 1.66. The highest BCUT2D eigenvalue weighted by Crippen LogP contribution is 1.87. The van der Waals surface area contributed by atoms with Gasteiger partial charge in [0, 0.05) is 25.2 Å². The second-order valence-corrected chi connectivity index (χ2v) is 2.79. The summed E-state index contributed by atoms with van der Waals surface area (Å²) >= 11 is 1.43. The number of aromatic nitrogens is 1. The summed E-state index contributed by atoms with van der Waals surface area (Å²) in [6.07, 6.45) is 1.89. The summed E-state index contributed by atoms with van der Waals surface area (Å²) in [5.74, 6) is 0. The molecule has 0 spiro atoms. The fraction of sp³-hybridized carbons (Fsp3) is 0.500. The maximum Gasteiger partial charge on any atom is 0.181 e. The van der Waals surface area contributed by atoms with E-state index in [1.54, 1.807) is 7.11 Å². The lowest BCUT2D eigenvalue weighted by atomic mass is 10.6. The summed E-state index contributed by atoms with van der Waals surface area (Å²) < 4.78 is 6.73. The molecule has 1 heterocycles. The van der Waals surface area contributed by atoms with Crippen LogP contribution in [0.1, 0.15) is 0 Å². The van der Waals surface area contributed by atoms with E-state index in [1.165, 1.54) is 11.3 Å². The molecule has 3 nitrogen and oxygen atoms in total. The number of hydrogen-bond acceptors (Lipinski definition) is 3. The maximum atomic E-state index is 7.36. The number of thiazole rings is 1. The molecule has 0 atom stereocenters. The van der Waals surface area contributed by atoms with Crippen molar-refractivity contribution in [3.63, 3.8) is 0 Å². The van der Waals surface area contributed by atoms with Gasteiger partial charge in [-0.05, 0) is 0 Å². The molecule has 0 saturated heterocycles. The first-order valence-electron chi connectivity index (χ1n) is 3.02. The van der Waals surface area contributed by atoms with E-state index in [1.807, 2.05) is 16.1 Å². The number of rotatable bonds is 3. The van der Waals surface area contributed by atoms with Crippen LogP contribution < -0.4 is 4.80 Å². The standard InChI is InChI=1S/C6H10N2OS.BrH/c1-9-4-2-8-3-5-10-6(8)7;/h3,5,7H,2,4H2,1H3;1H. The minimum absolute atomic E-state index is 0. The third kappa shape index (κ3) is 3.18. The monoisotopic (exact) mass is 238 g/mol. The molecule has 64 valence electrons. The normalized spacial score (nSPS) is 9.18. The number of nitrogens with zero attached hydrogens (tertiary/aromatic N) is 1. The van der Waals surface area contributed by atoms with Gasteiger partial charge in [0.05, 0.1) is 6.61 Å². The molecular formula is C6H11BrN2OS. The van der Waals surface area contributed by atoms with Crippen LogP contribution in [0.4, 0.5) is 0 Å². The summed E-state index contributed by atoms with van der Waals surface area (Å²) in [6, 6.07) is 0. The van der Waals surface area contributed by atoms with Crippen LogP contribution in [0.15, 0.2) is 11.6 Å². The van der Waals surface area contributed by atoms with Crippen LogP contribution in [0, 0.1) is 5.41 Å². The summed E-state index contributed by atoms with van der Waals surface area (Å²) in [6.45, 7) is 1.45. The zero-order valence-corrected chi connectivity index (χ0v) is 8.77. The van der Waals surface area contributed by atoms with Crippen molar-refractivity contribution in [1.29, 1.82) is 5.41 Å². The van der Waals surface area contributed by atoms with E-state index < -0.39 is 0 Å². The van der Waals surface area contributed by atoms with Gasteiger partial charge in [0.25, 0.3) is 0 Å². The Morgan fingerprint density at radius 2 is 2.45 bits per heavy atom. The summed E-state index contributed by atoms with van der Waals surface area (Å²) in [5, 5.41) is 9.26. The molecule has 1 aromatic heterocycles. The number of nitrogens with one attached hydrogen (secondary N) is 1. The Kier molecular flexibility index (Phi) is 5.45. The van der Waals surface area contributed by atoms with E-state index in [2.05, 4.69) is 0 Å². The van der Waals surface area contributed by atoms with Crippen molar-refractivity contribution in [2.75, 3.05) is 13.7 Å². The van der Waals surface area contributed by atoms with E-state index in [0.29, 0.717) is 11.4 Å². The number of methoxy groups -OCH3 is 1. The van der Waals surface area contributed by atoms with Crippen LogP contribution in [0.5, 0.6) is 0 Å². The highest BCUT2D eigenvalue weighted by molar-refractivity contribution is 8.93. The van der Waals surface area contributed by atoms with Gasteiger partial charge in [0.1, 0.15) is 0 Å². The van der Waals surface area contributed by atoms with Crippen molar-refractivity contribution in [2.45, 2.75) is 6.54 Å². The fourth-order valence-electron chi connectivity index (χ4n) is 0.669. The highest BCUT2D eigenvalue weighted by atomic mass is 79.9. The Hall–Kier alpha value is -0.130. The van der Waals surface area contributed by atoms with Gasteiger partial charge in [-0.2, -0.15) is 0 Å². The molecule has 0 fully saturated rings. The van der Waals surface area contributed by atoms with Crippen molar-refractivity contribution >= 4 is 28.3 Å². The van der Waals surface area contributed by atoms with Gasteiger partial charge in [-0.1, -0.05) is 0 Å². The molecule has 0 unspecified atom stereocenters. The van der Waals surface area contributed by atoms with Crippen LogP contribution >= 0.6 is 28.3 Å². The van der Waals surface area contributed by atoms with E-state index >= 15 is 0 Å². The average Bonchev–Trinajstić information content (AvgIpc) is 2.31. The third-order valence-corrected chi connectivity index (χ3v) is 1.93. The van der Waals surface area contributed by atoms with E-state index in [4.69, 9.17) is 10.1 Å². The van der Waals surface area contributed by atoms with E-state index in [9.17, 15) is 0 Å². The van der Waals surface area contributed by atoms with Crippen LogP contribution in [0.3, 0.4) is 0 Å². The molecule has 0 aliphatic rings. The molecule has 5 heteroatoms. The molecule has 11 heavy (non-hydrogen) atoms. The van der Waals surface area contributed by atoms with Crippen molar-refractivity contribution in [3.8, 4) is 0 Å². The first kappa shape index (κ1) is 10.9. The van der Waals surface area contributed by atoms with E-state index in [0.717, 1.165) is 6.54 Å². The third-order valence-electron chi connectivity index (χ3n) is 1.22. The predicted octanol–water partition coefficient (Wildman–Crippen LogP) is 1.25. The van der Waals surface area contributed by atoms with Crippen molar-refractivity contribution in [3.05, 3.63) is 16.4 Å². The van der Waals surface area contributed by atoms with Gasteiger partial charge >= 0.3 is 0 Å². The second kappa shape index (κ2) is 5.51. The Balaban J connectivity index is 0.000001000. The molecule has 1 N–H and O–H groups in total. The quantitative estimate of drug-likeness (QED) is 0.847.